The number of guanidine groups is 1. The third kappa shape index (κ3) is 3.08. The van der Waals surface area contributed by atoms with Crippen LogP contribution in [0, 0.1) is 5.82 Å². The van der Waals surface area contributed by atoms with E-state index in [0.717, 1.165) is 0 Å². The molecule has 0 heterocycles. The lowest BCUT2D eigenvalue weighted by atomic mass is 10.2. The maximum Gasteiger partial charge on any atom is 0.209 e. The third-order valence-electron chi connectivity index (χ3n) is 1.69. The Morgan fingerprint density at radius 3 is 2.81 bits per heavy atom. The quantitative estimate of drug-likeness (QED) is 0.371. The summed E-state index contributed by atoms with van der Waals surface area (Å²) in [5.74, 6) is -0.536. The molecule has 0 aliphatic carbocycles. The molecule has 0 saturated heterocycles. The van der Waals surface area contributed by atoms with E-state index in [1.165, 1.54) is 25.4 Å². The van der Waals surface area contributed by atoms with E-state index in [-0.39, 0.29) is 16.0 Å². The molecule has 0 amide bonds. The molecule has 7 heteroatoms. The molecule has 1 aromatic carbocycles. The predicted molar refractivity (Wildman–Crippen MR) is 64.7 cm³/mol. The molecule has 4 nitrogen and oxygen atoms in total. The maximum atomic E-state index is 13.2. The number of hydrazone groups is 1. The zero-order valence-corrected chi connectivity index (χ0v) is 9.85. The third-order valence-corrected chi connectivity index (χ3v) is 2.36. The van der Waals surface area contributed by atoms with Gasteiger partial charge in [-0.25, -0.2) is 9.82 Å². The lowest BCUT2D eigenvalue weighted by Gasteiger charge is -2.01. The van der Waals surface area contributed by atoms with Crippen molar-refractivity contribution in [3.05, 3.63) is 33.6 Å². The van der Waals surface area contributed by atoms with Gasteiger partial charge in [0.2, 0.25) is 5.96 Å². The van der Waals surface area contributed by atoms with Crippen LogP contribution in [0.1, 0.15) is 5.56 Å². The SMILES string of the molecule is CN=C(N)N/N=C/c1ccc(Cl)c(F)c1Cl. The minimum atomic E-state index is -0.676. The summed E-state index contributed by atoms with van der Waals surface area (Å²) in [6, 6.07) is 2.93. The van der Waals surface area contributed by atoms with Crippen molar-refractivity contribution in [2.75, 3.05) is 7.05 Å². The van der Waals surface area contributed by atoms with Gasteiger partial charge < -0.3 is 5.73 Å². The Morgan fingerprint density at radius 2 is 2.19 bits per heavy atom. The van der Waals surface area contributed by atoms with Crippen LogP contribution < -0.4 is 11.2 Å². The number of nitrogens with two attached hydrogens (primary N) is 1. The van der Waals surface area contributed by atoms with E-state index in [1.54, 1.807) is 0 Å². The number of nitrogens with one attached hydrogen (secondary N) is 1. The van der Waals surface area contributed by atoms with Crippen molar-refractivity contribution in [2.45, 2.75) is 0 Å². The van der Waals surface area contributed by atoms with E-state index in [0.29, 0.717) is 5.56 Å². The molecule has 0 radical (unpaired) electrons. The fraction of sp³-hybridized carbons (Fsp3) is 0.111. The molecule has 0 unspecified atom stereocenters. The van der Waals surface area contributed by atoms with Gasteiger partial charge in [-0.3, -0.25) is 4.99 Å². The number of rotatable bonds is 2. The Balaban J connectivity index is 2.86. The molecule has 0 aliphatic rings. The molecule has 1 aromatic rings. The second-order valence-corrected chi connectivity index (χ2v) is 3.53. The fourth-order valence-electron chi connectivity index (χ4n) is 0.858. The van der Waals surface area contributed by atoms with Crippen molar-refractivity contribution in [1.82, 2.24) is 5.43 Å². The summed E-state index contributed by atoms with van der Waals surface area (Å²) in [7, 11) is 1.51. The minimum absolute atomic E-state index is 0.0373. The topological polar surface area (TPSA) is 62.8 Å². The highest BCUT2D eigenvalue weighted by molar-refractivity contribution is 6.36. The van der Waals surface area contributed by atoms with E-state index in [1.807, 2.05) is 0 Å². The molecule has 0 bridgehead atoms. The summed E-state index contributed by atoms with van der Waals surface area (Å²) in [6.07, 6.45) is 1.32. The van der Waals surface area contributed by atoms with E-state index < -0.39 is 5.82 Å². The largest absolute Gasteiger partial charge is 0.369 e. The van der Waals surface area contributed by atoms with Gasteiger partial charge in [-0.2, -0.15) is 5.10 Å². The van der Waals surface area contributed by atoms with Gasteiger partial charge in [0.1, 0.15) is 0 Å². The molecule has 0 atom stereocenters. The van der Waals surface area contributed by atoms with Gasteiger partial charge in [-0.15, -0.1) is 0 Å². The highest BCUT2D eigenvalue weighted by Crippen LogP contribution is 2.25. The molecule has 0 saturated carbocycles. The molecule has 86 valence electrons. The molecular formula is C9H9Cl2FN4. The van der Waals surface area contributed by atoms with E-state index in [2.05, 4.69) is 15.5 Å². The van der Waals surface area contributed by atoms with Crippen LogP contribution >= 0.6 is 23.2 Å². The second kappa shape index (κ2) is 5.67. The predicted octanol–water partition coefficient (Wildman–Crippen LogP) is 2.00. The van der Waals surface area contributed by atoms with Crippen LogP contribution in [0.15, 0.2) is 22.2 Å². The number of benzene rings is 1. The maximum absolute atomic E-state index is 13.2. The standard InChI is InChI=1S/C9H9Cl2FN4/c1-14-9(13)16-15-4-5-2-3-6(10)8(12)7(5)11/h2-4H,1H3,(H3,13,14,16)/b15-4+. The van der Waals surface area contributed by atoms with E-state index in [4.69, 9.17) is 28.9 Å². The van der Waals surface area contributed by atoms with E-state index >= 15 is 0 Å². The lowest BCUT2D eigenvalue weighted by Crippen LogP contribution is -2.26. The summed E-state index contributed by atoms with van der Waals surface area (Å²) in [6.45, 7) is 0. The van der Waals surface area contributed by atoms with Gasteiger partial charge in [0.15, 0.2) is 5.82 Å². The normalized spacial score (nSPS) is 12.1. The minimum Gasteiger partial charge on any atom is -0.369 e. The first kappa shape index (κ1) is 12.7. The first-order valence-corrected chi connectivity index (χ1v) is 4.96. The van der Waals surface area contributed by atoms with Gasteiger partial charge in [-0.1, -0.05) is 29.3 Å². The Morgan fingerprint density at radius 1 is 1.50 bits per heavy atom. The second-order valence-electron chi connectivity index (χ2n) is 2.74. The zero-order chi connectivity index (χ0) is 12.1. The first-order valence-electron chi connectivity index (χ1n) is 4.21. The molecular weight excluding hydrogens is 254 g/mol. The summed E-state index contributed by atoms with van der Waals surface area (Å²) in [5, 5.41) is 3.59. The molecule has 0 aromatic heterocycles. The molecule has 1 rings (SSSR count). The highest BCUT2D eigenvalue weighted by atomic mass is 35.5. The lowest BCUT2D eigenvalue weighted by molar-refractivity contribution is 0.628. The van der Waals surface area contributed by atoms with Crippen LogP contribution in [0.3, 0.4) is 0 Å². The van der Waals surface area contributed by atoms with Gasteiger partial charge in [0.05, 0.1) is 16.3 Å². The molecule has 0 aliphatic heterocycles. The number of hydrogen-bond donors (Lipinski definition) is 2. The monoisotopic (exact) mass is 262 g/mol. The van der Waals surface area contributed by atoms with Gasteiger partial charge in [0.25, 0.3) is 0 Å². The fourth-order valence-corrected chi connectivity index (χ4v) is 1.28. The number of aliphatic imine (C=N–C) groups is 1. The van der Waals surface area contributed by atoms with Crippen molar-refractivity contribution in [3.63, 3.8) is 0 Å². The summed E-state index contributed by atoms with van der Waals surface area (Å²) in [5.41, 5.74) is 8.14. The Kier molecular flexibility index (Phi) is 4.52. The number of hydrogen-bond acceptors (Lipinski definition) is 2. The summed E-state index contributed by atoms with van der Waals surface area (Å²) < 4.78 is 13.2. The van der Waals surface area contributed by atoms with Gasteiger partial charge in [-0.05, 0) is 6.07 Å². The number of halogens is 3. The summed E-state index contributed by atoms with van der Waals surface area (Å²) in [4.78, 5) is 3.62. The molecule has 0 fully saturated rings. The average molecular weight is 263 g/mol. The first-order chi connectivity index (χ1) is 7.56. The van der Waals surface area contributed by atoms with Gasteiger partial charge >= 0.3 is 0 Å². The van der Waals surface area contributed by atoms with Crippen molar-refractivity contribution in [1.29, 1.82) is 0 Å². The number of nitrogens with zero attached hydrogens (tertiary/aromatic N) is 2. The molecule has 16 heavy (non-hydrogen) atoms. The van der Waals surface area contributed by atoms with Crippen molar-refractivity contribution >= 4 is 35.4 Å². The van der Waals surface area contributed by atoms with Crippen LogP contribution in [0.4, 0.5) is 4.39 Å². The Labute approximate surface area is 102 Å². The molecule has 0 spiro atoms. The Bertz CT molecular complexity index is 445. The van der Waals surface area contributed by atoms with Crippen LogP contribution in [0.2, 0.25) is 10.0 Å². The van der Waals surface area contributed by atoms with Crippen LogP contribution in [0.5, 0.6) is 0 Å². The average Bonchev–Trinajstić information content (AvgIpc) is 2.29. The molecule has 3 N–H and O–H groups in total. The smallest absolute Gasteiger partial charge is 0.209 e. The van der Waals surface area contributed by atoms with Crippen LogP contribution in [-0.4, -0.2) is 19.2 Å². The van der Waals surface area contributed by atoms with Crippen LogP contribution in [0.25, 0.3) is 0 Å². The highest BCUT2D eigenvalue weighted by Gasteiger charge is 2.08. The van der Waals surface area contributed by atoms with Crippen molar-refractivity contribution in [3.8, 4) is 0 Å². The zero-order valence-electron chi connectivity index (χ0n) is 8.34. The van der Waals surface area contributed by atoms with Gasteiger partial charge in [0, 0.05) is 12.6 Å². The summed E-state index contributed by atoms with van der Waals surface area (Å²) >= 11 is 11.2. The van der Waals surface area contributed by atoms with Crippen molar-refractivity contribution < 1.29 is 4.39 Å². The van der Waals surface area contributed by atoms with Crippen LogP contribution in [-0.2, 0) is 0 Å². The Hall–Kier alpha value is -1.33. The van der Waals surface area contributed by atoms with Crippen molar-refractivity contribution in [2.24, 2.45) is 15.8 Å². The van der Waals surface area contributed by atoms with E-state index in [9.17, 15) is 4.39 Å².